The van der Waals surface area contributed by atoms with Gasteiger partial charge in [0, 0.05) is 26.7 Å². The summed E-state index contributed by atoms with van der Waals surface area (Å²) in [5.41, 5.74) is 1.45. The molecule has 0 spiro atoms. The van der Waals surface area contributed by atoms with Gasteiger partial charge in [0.05, 0.1) is 0 Å². The van der Waals surface area contributed by atoms with Gasteiger partial charge < -0.3 is 15.5 Å². The number of likely N-dealkylation sites (N-methyl/N-ethyl adjacent to an activating group) is 1. The molecule has 1 fully saturated rings. The summed E-state index contributed by atoms with van der Waals surface area (Å²) in [6.45, 7) is 3.17. The summed E-state index contributed by atoms with van der Waals surface area (Å²) >= 11 is 0. The molecule has 0 heterocycles. The summed E-state index contributed by atoms with van der Waals surface area (Å²) in [5, 5.41) is 6.85. The van der Waals surface area contributed by atoms with E-state index in [-0.39, 0.29) is 12.5 Å². The van der Waals surface area contributed by atoms with Gasteiger partial charge in [-0.1, -0.05) is 37.3 Å². The molecule has 2 rings (SSSR count). The number of benzene rings is 1. The van der Waals surface area contributed by atoms with Crippen LogP contribution in [0.5, 0.6) is 0 Å². The maximum Gasteiger partial charge on any atom is 0.243 e. The first-order valence-electron chi connectivity index (χ1n) is 9.40. The second kappa shape index (κ2) is 10.1. The highest BCUT2D eigenvalue weighted by atomic mass is 16.2. The van der Waals surface area contributed by atoms with E-state index in [9.17, 15) is 4.79 Å². The first kappa shape index (κ1) is 19.3. The Kier molecular flexibility index (Phi) is 7.76. The van der Waals surface area contributed by atoms with Crippen LogP contribution in [0.1, 0.15) is 50.5 Å². The van der Waals surface area contributed by atoms with Gasteiger partial charge in [-0.2, -0.15) is 0 Å². The summed E-state index contributed by atoms with van der Waals surface area (Å²) in [5.74, 6) is 1.45. The van der Waals surface area contributed by atoms with Crippen LogP contribution >= 0.6 is 0 Å². The minimum Gasteiger partial charge on any atom is -0.356 e. The smallest absolute Gasteiger partial charge is 0.243 e. The Labute approximate surface area is 151 Å². The molecule has 138 valence electrons. The van der Waals surface area contributed by atoms with Gasteiger partial charge in [0.25, 0.3) is 0 Å². The van der Waals surface area contributed by atoms with Crippen LogP contribution in [0.25, 0.3) is 0 Å². The van der Waals surface area contributed by atoms with Crippen LogP contribution in [-0.4, -0.2) is 50.0 Å². The van der Waals surface area contributed by atoms with E-state index in [1.807, 2.05) is 0 Å². The number of carbonyl (C=O) groups excluding carboxylic acids is 1. The standard InChI is InChI=1S/C20H32N4O/c1-4-14-21-20(22-15-19(25)24(2)3)23-18-12-10-17(11-13-18)16-8-6-5-7-9-16/h5-9,17-18H,4,10-15H2,1-3H3,(H2,21,22,23). The van der Waals surface area contributed by atoms with Gasteiger partial charge >= 0.3 is 0 Å². The van der Waals surface area contributed by atoms with Crippen LogP contribution in [0.2, 0.25) is 0 Å². The fourth-order valence-electron chi connectivity index (χ4n) is 3.17. The van der Waals surface area contributed by atoms with Crippen molar-refractivity contribution >= 4 is 11.9 Å². The lowest BCUT2D eigenvalue weighted by Gasteiger charge is -2.30. The van der Waals surface area contributed by atoms with E-state index in [1.165, 1.54) is 18.4 Å². The Bertz CT molecular complexity index is 548. The highest BCUT2D eigenvalue weighted by Gasteiger charge is 2.22. The SMILES string of the molecule is CCCNC(=NCC(=O)N(C)C)NC1CCC(c2ccccc2)CC1. The van der Waals surface area contributed by atoms with Gasteiger partial charge in [-0.05, 0) is 43.6 Å². The van der Waals surface area contributed by atoms with Crippen LogP contribution in [0, 0.1) is 0 Å². The molecule has 1 aromatic rings. The Morgan fingerprint density at radius 1 is 1.16 bits per heavy atom. The number of aliphatic imine (C=N–C) groups is 1. The topological polar surface area (TPSA) is 56.7 Å². The quantitative estimate of drug-likeness (QED) is 0.616. The fourth-order valence-corrected chi connectivity index (χ4v) is 3.17. The van der Waals surface area contributed by atoms with Crippen molar-refractivity contribution < 1.29 is 4.79 Å². The maximum absolute atomic E-state index is 11.8. The number of nitrogens with zero attached hydrogens (tertiary/aromatic N) is 2. The molecule has 0 aliphatic heterocycles. The minimum absolute atomic E-state index is 0.0189. The predicted octanol–water partition coefficient (Wildman–Crippen LogP) is 2.75. The summed E-state index contributed by atoms with van der Waals surface area (Å²) in [4.78, 5) is 17.8. The lowest BCUT2D eigenvalue weighted by atomic mass is 9.82. The predicted molar refractivity (Wildman–Crippen MR) is 104 cm³/mol. The van der Waals surface area contributed by atoms with Gasteiger partial charge in [-0.15, -0.1) is 0 Å². The van der Waals surface area contributed by atoms with Crippen molar-refractivity contribution in [3.63, 3.8) is 0 Å². The van der Waals surface area contributed by atoms with E-state index in [0.717, 1.165) is 31.8 Å². The molecule has 0 radical (unpaired) electrons. The zero-order valence-corrected chi connectivity index (χ0v) is 15.8. The summed E-state index contributed by atoms with van der Waals surface area (Å²) < 4.78 is 0. The number of carbonyl (C=O) groups is 1. The highest BCUT2D eigenvalue weighted by molar-refractivity contribution is 5.84. The summed E-state index contributed by atoms with van der Waals surface area (Å²) in [7, 11) is 3.52. The number of nitrogens with one attached hydrogen (secondary N) is 2. The molecule has 0 aromatic heterocycles. The second-order valence-corrected chi connectivity index (χ2v) is 6.98. The fraction of sp³-hybridized carbons (Fsp3) is 0.600. The number of amides is 1. The third-order valence-corrected chi connectivity index (χ3v) is 4.75. The molecule has 1 aromatic carbocycles. The van der Waals surface area contributed by atoms with E-state index in [1.54, 1.807) is 19.0 Å². The van der Waals surface area contributed by atoms with E-state index < -0.39 is 0 Å². The van der Waals surface area contributed by atoms with Crippen molar-refractivity contribution in [1.29, 1.82) is 0 Å². The van der Waals surface area contributed by atoms with E-state index in [2.05, 4.69) is 52.9 Å². The van der Waals surface area contributed by atoms with Crippen LogP contribution in [0.15, 0.2) is 35.3 Å². The zero-order chi connectivity index (χ0) is 18.1. The number of hydrogen-bond donors (Lipinski definition) is 2. The zero-order valence-electron chi connectivity index (χ0n) is 15.8. The Balaban J connectivity index is 1.87. The van der Waals surface area contributed by atoms with Gasteiger partial charge in [-0.3, -0.25) is 4.79 Å². The van der Waals surface area contributed by atoms with Gasteiger partial charge in [0.2, 0.25) is 5.91 Å². The number of hydrogen-bond acceptors (Lipinski definition) is 2. The van der Waals surface area contributed by atoms with Crippen LogP contribution in [0.3, 0.4) is 0 Å². The van der Waals surface area contributed by atoms with Crippen molar-refractivity contribution in [3.05, 3.63) is 35.9 Å². The van der Waals surface area contributed by atoms with Crippen molar-refractivity contribution in [2.75, 3.05) is 27.2 Å². The van der Waals surface area contributed by atoms with Crippen molar-refractivity contribution in [2.45, 2.75) is 51.0 Å². The molecular weight excluding hydrogens is 312 g/mol. The molecule has 0 atom stereocenters. The van der Waals surface area contributed by atoms with Gasteiger partial charge in [0.15, 0.2) is 5.96 Å². The molecule has 0 unspecified atom stereocenters. The lowest BCUT2D eigenvalue weighted by molar-refractivity contribution is -0.127. The Morgan fingerprint density at radius 3 is 2.44 bits per heavy atom. The molecule has 25 heavy (non-hydrogen) atoms. The van der Waals surface area contributed by atoms with Gasteiger partial charge in [0.1, 0.15) is 6.54 Å². The monoisotopic (exact) mass is 344 g/mol. The van der Waals surface area contributed by atoms with Crippen molar-refractivity contribution in [2.24, 2.45) is 4.99 Å². The average molecular weight is 345 g/mol. The molecular formula is C20H32N4O. The number of guanidine groups is 1. The van der Waals surface area contributed by atoms with E-state index >= 15 is 0 Å². The summed E-state index contributed by atoms with van der Waals surface area (Å²) in [6, 6.07) is 11.2. The largest absolute Gasteiger partial charge is 0.356 e. The lowest BCUT2D eigenvalue weighted by Crippen LogP contribution is -2.45. The molecule has 0 bridgehead atoms. The van der Waals surface area contributed by atoms with Crippen molar-refractivity contribution in [3.8, 4) is 0 Å². The molecule has 5 heteroatoms. The molecule has 1 saturated carbocycles. The second-order valence-electron chi connectivity index (χ2n) is 6.98. The maximum atomic E-state index is 11.8. The molecule has 1 aliphatic rings. The van der Waals surface area contributed by atoms with Crippen LogP contribution < -0.4 is 10.6 Å². The summed E-state index contributed by atoms with van der Waals surface area (Å²) in [6.07, 6.45) is 5.68. The first-order valence-corrected chi connectivity index (χ1v) is 9.40. The van der Waals surface area contributed by atoms with E-state index in [0.29, 0.717) is 12.0 Å². The molecule has 0 saturated heterocycles. The van der Waals surface area contributed by atoms with Crippen LogP contribution in [0.4, 0.5) is 0 Å². The third-order valence-electron chi connectivity index (χ3n) is 4.75. The first-order chi connectivity index (χ1) is 12.1. The average Bonchev–Trinajstić information content (AvgIpc) is 2.64. The van der Waals surface area contributed by atoms with E-state index in [4.69, 9.17) is 0 Å². The third kappa shape index (κ3) is 6.40. The molecule has 1 amide bonds. The van der Waals surface area contributed by atoms with Gasteiger partial charge in [-0.25, -0.2) is 4.99 Å². The van der Waals surface area contributed by atoms with Crippen molar-refractivity contribution in [1.82, 2.24) is 15.5 Å². The Morgan fingerprint density at radius 2 is 1.84 bits per heavy atom. The minimum atomic E-state index is 0.0189. The molecule has 2 N–H and O–H groups in total. The van der Waals surface area contributed by atoms with Crippen LogP contribution in [-0.2, 0) is 4.79 Å². The number of rotatable bonds is 6. The molecule has 1 aliphatic carbocycles. The molecule has 5 nitrogen and oxygen atoms in total. The highest BCUT2D eigenvalue weighted by Crippen LogP contribution is 2.32. The Hall–Kier alpha value is -2.04. The normalized spacial score (nSPS) is 20.8.